The van der Waals surface area contributed by atoms with Crippen molar-refractivity contribution in [1.82, 2.24) is 20.1 Å². The molecule has 0 saturated carbocycles. The molecule has 4 aromatic rings. The predicted octanol–water partition coefficient (Wildman–Crippen LogP) is 4.15. The number of carbonyl (C=O) groups is 1. The average molecular weight is 404 g/mol. The molecule has 0 spiro atoms. The molecule has 0 saturated heterocycles. The minimum Gasteiger partial charge on any atom is -0.497 e. The molecule has 0 aliphatic carbocycles. The van der Waals surface area contributed by atoms with Gasteiger partial charge in [0, 0.05) is 25.4 Å². The summed E-state index contributed by atoms with van der Waals surface area (Å²) in [6.45, 7) is 0.416. The van der Waals surface area contributed by atoms with Crippen LogP contribution in [0.25, 0.3) is 21.8 Å². The van der Waals surface area contributed by atoms with E-state index < -0.39 is 0 Å². The van der Waals surface area contributed by atoms with Crippen molar-refractivity contribution in [2.45, 2.75) is 6.54 Å². The standard InChI is InChI=1S/C22H20N4O2S/c1-26-20(13-18(25-26)16-5-3-6-17(12-16)28-2)22(27)24-14-15-8-9-23-19(11-15)21-7-4-10-29-21/h3-13H,14H2,1-2H3,(H,24,27). The largest absolute Gasteiger partial charge is 0.497 e. The molecule has 0 fully saturated rings. The van der Waals surface area contributed by atoms with Gasteiger partial charge in [-0.1, -0.05) is 18.2 Å². The molecular formula is C22H20N4O2S. The van der Waals surface area contributed by atoms with E-state index in [9.17, 15) is 4.79 Å². The maximum absolute atomic E-state index is 12.7. The lowest BCUT2D eigenvalue weighted by Crippen LogP contribution is -2.25. The summed E-state index contributed by atoms with van der Waals surface area (Å²) < 4.78 is 6.86. The number of carbonyl (C=O) groups excluding carboxylic acids is 1. The van der Waals surface area contributed by atoms with Gasteiger partial charge in [0.2, 0.25) is 0 Å². The molecule has 146 valence electrons. The highest BCUT2D eigenvalue weighted by Crippen LogP contribution is 2.24. The highest BCUT2D eigenvalue weighted by atomic mass is 32.1. The number of rotatable bonds is 6. The first-order chi connectivity index (χ1) is 14.1. The van der Waals surface area contributed by atoms with Gasteiger partial charge in [0.15, 0.2) is 0 Å². The van der Waals surface area contributed by atoms with Crippen molar-refractivity contribution in [3.8, 4) is 27.6 Å². The van der Waals surface area contributed by atoms with Gasteiger partial charge in [-0.15, -0.1) is 11.3 Å². The highest BCUT2D eigenvalue weighted by molar-refractivity contribution is 7.13. The second-order valence-corrected chi connectivity index (χ2v) is 7.43. The summed E-state index contributed by atoms with van der Waals surface area (Å²) in [4.78, 5) is 18.2. The van der Waals surface area contributed by atoms with Gasteiger partial charge in [0.1, 0.15) is 11.4 Å². The molecule has 0 atom stereocenters. The molecular weight excluding hydrogens is 384 g/mol. The number of hydrogen-bond donors (Lipinski definition) is 1. The Balaban J connectivity index is 1.48. The van der Waals surface area contributed by atoms with Crippen LogP contribution in [-0.4, -0.2) is 27.8 Å². The zero-order chi connectivity index (χ0) is 20.2. The van der Waals surface area contributed by atoms with Crippen LogP contribution >= 0.6 is 11.3 Å². The van der Waals surface area contributed by atoms with E-state index in [0.29, 0.717) is 12.2 Å². The minimum atomic E-state index is -0.177. The number of hydrogen-bond acceptors (Lipinski definition) is 5. The Morgan fingerprint density at radius 1 is 1.14 bits per heavy atom. The number of aromatic nitrogens is 3. The van der Waals surface area contributed by atoms with E-state index >= 15 is 0 Å². The second-order valence-electron chi connectivity index (χ2n) is 6.48. The van der Waals surface area contributed by atoms with Crippen molar-refractivity contribution in [2.75, 3.05) is 7.11 Å². The third-order valence-electron chi connectivity index (χ3n) is 4.53. The lowest BCUT2D eigenvalue weighted by Gasteiger charge is -2.06. The summed E-state index contributed by atoms with van der Waals surface area (Å²) >= 11 is 1.64. The second kappa shape index (κ2) is 8.28. The van der Waals surface area contributed by atoms with E-state index in [0.717, 1.165) is 33.1 Å². The summed E-state index contributed by atoms with van der Waals surface area (Å²) in [5.41, 5.74) is 4.02. The summed E-state index contributed by atoms with van der Waals surface area (Å²) in [7, 11) is 3.39. The summed E-state index contributed by atoms with van der Waals surface area (Å²) in [6.07, 6.45) is 1.77. The van der Waals surface area contributed by atoms with Crippen LogP contribution in [0.1, 0.15) is 16.1 Å². The van der Waals surface area contributed by atoms with Gasteiger partial charge in [0.25, 0.3) is 5.91 Å². The molecule has 0 aliphatic heterocycles. The number of benzene rings is 1. The fourth-order valence-electron chi connectivity index (χ4n) is 3.02. The number of thiophene rings is 1. The number of methoxy groups -OCH3 is 1. The van der Waals surface area contributed by atoms with Crippen LogP contribution in [-0.2, 0) is 13.6 Å². The molecule has 3 heterocycles. The van der Waals surface area contributed by atoms with Gasteiger partial charge in [-0.3, -0.25) is 14.5 Å². The van der Waals surface area contributed by atoms with Crippen molar-refractivity contribution in [1.29, 1.82) is 0 Å². The summed E-state index contributed by atoms with van der Waals surface area (Å²) in [6, 6.07) is 17.3. The molecule has 3 aromatic heterocycles. The zero-order valence-corrected chi connectivity index (χ0v) is 16.9. The van der Waals surface area contributed by atoms with Crippen LogP contribution in [0.5, 0.6) is 5.75 Å². The first kappa shape index (κ1) is 18.9. The van der Waals surface area contributed by atoms with E-state index in [4.69, 9.17) is 4.74 Å². The molecule has 7 heteroatoms. The Hall–Kier alpha value is -3.45. The number of aryl methyl sites for hydroxylation is 1. The Morgan fingerprint density at radius 2 is 2.03 bits per heavy atom. The molecule has 1 N–H and O–H groups in total. The molecule has 0 unspecified atom stereocenters. The quantitative estimate of drug-likeness (QED) is 0.524. The lowest BCUT2D eigenvalue weighted by molar-refractivity contribution is 0.0941. The third kappa shape index (κ3) is 4.20. The Bertz CT molecular complexity index is 1140. The van der Waals surface area contributed by atoms with Gasteiger partial charge >= 0.3 is 0 Å². The first-order valence-electron chi connectivity index (χ1n) is 9.09. The van der Waals surface area contributed by atoms with Crippen molar-refractivity contribution >= 4 is 17.2 Å². The van der Waals surface area contributed by atoms with E-state index in [1.165, 1.54) is 0 Å². The van der Waals surface area contributed by atoms with Gasteiger partial charge in [-0.25, -0.2) is 0 Å². The van der Waals surface area contributed by atoms with Crippen LogP contribution < -0.4 is 10.1 Å². The zero-order valence-electron chi connectivity index (χ0n) is 16.1. The number of nitrogens with one attached hydrogen (secondary N) is 1. The molecule has 1 aromatic carbocycles. The van der Waals surface area contributed by atoms with Gasteiger partial charge in [-0.2, -0.15) is 5.10 Å². The van der Waals surface area contributed by atoms with Crippen LogP contribution in [0.2, 0.25) is 0 Å². The maximum Gasteiger partial charge on any atom is 0.269 e. The smallest absolute Gasteiger partial charge is 0.269 e. The Labute approximate surface area is 172 Å². The van der Waals surface area contributed by atoms with Crippen molar-refractivity contribution in [2.24, 2.45) is 7.05 Å². The molecule has 1 amide bonds. The summed E-state index contributed by atoms with van der Waals surface area (Å²) in [5.74, 6) is 0.571. The molecule has 4 rings (SSSR count). The topological polar surface area (TPSA) is 69.0 Å². The Kier molecular flexibility index (Phi) is 5.39. The normalized spacial score (nSPS) is 10.7. The van der Waals surface area contributed by atoms with Crippen LogP contribution in [0, 0.1) is 0 Å². The first-order valence-corrected chi connectivity index (χ1v) is 9.97. The van der Waals surface area contributed by atoms with Gasteiger partial charge in [-0.05, 0) is 47.3 Å². The lowest BCUT2D eigenvalue weighted by atomic mass is 10.1. The molecule has 0 radical (unpaired) electrons. The van der Waals surface area contributed by atoms with Crippen molar-refractivity contribution in [3.05, 3.63) is 77.4 Å². The molecule has 6 nitrogen and oxygen atoms in total. The van der Waals surface area contributed by atoms with Crippen LogP contribution in [0.15, 0.2) is 66.2 Å². The van der Waals surface area contributed by atoms with E-state index in [1.54, 1.807) is 42.4 Å². The average Bonchev–Trinajstić information content (AvgIpc) is 3.42. The molecule has 0 aliphatic rings. The third-order valence-corrected chi connectivity index (χ3v) is 5.42. The van der Waals surface area contributed by atoms with Gasteiger partial charge in [0.05, 0.1) is 23.4 Å². The van der Waals surface area contributed by atoms with Gasteiger partial charge < -0.3 is 10.1 Å². The van der Waals surface area contributed by atoms with E-state index in [2.05, 4.69) is 15.4 Å². The minimum absolute atomic E-state index is 0.177. The fraction of sp³-hybridized carbons (Fsp3) is 0.136. The highest BCUT2D eigenvalue weighted by Gasteiger charge is 2.15. The summed E-state index contributed by atoms with van der Waals surface area (Å²) in [5, 5.41) is 9.46. The van der Waals surface area contributed by atoms with E-state index in [1.807, 2.05) is 53.9 Å². The number of pyridine rings is 1. The van der Waals surface area contributed by atoms with Crippen molar-refractivity contribution in [3.63, 3.8) is 0 Å². The SMILES string of the molecule is COc1cccc(-c2cc(C(=O)NCc3ccnc(-c4cccs4)c3)n(C)n2)c1. The van der Waals surface area contributed by atoms with Crippen molar-refractivity contribution < 1.29 is 9.53 Å². The molecule has 29 heavy (non-hydrogen) atoms. The van der Waals surface area contributed by atoms with E-state index in [-0.39, 0.29) is 5.91 Å². The van der Waals surface area contributed by atoms with Crippen LogP contribution in [0.4, 0.5) is 0 Å². The number of amides is 1. The fourth-order valence-corrected chi connectivity index (χ4v) is 3.71. The Morgan fingerprint density at radius 3 is 2.83 bits per heavy atom. The number of ether oxygens (including phenoxy) is 1. The predicted molar refractivity (Wildman–Crippen MR) is 114 cm³/mol. The monoisotopic (exact) mass is 404 g/mol. The molecule has 0 bridgehead atoms. The maximum atomic E-state index is 12.7. The van der Waals surface area contributed by atoms with Crippen LogP contribution in [0.3, 0.4) is 0 Å². The number of nitrogens with zero attached hydrogens (tertiary/aromatic N) is 3.